The summed E-state index contributed by atoms with van der Waals surface area (Å²) in [5, 5.41) is 11.2. The number of nitrogens with zero attached hydrogens (tertiary/aromatic N) is 1. The lowest BCUT2D eigenvalue weighted by molar-refractivity contribution is -0.385. The molecule has 3 rings (SSSR count). The molecule has 1 heterocycles. The third-order valence-corrected chi connectivity index (χ3v) is 4.40. The van der Waals surface area contributed by atoms with E-state index in [1.165, 1.54) is 24.3 Å². The first-order valence-electron chi connectivity index (χ1n) is 8.54. The Morgan fingerprint density at radius 2 is 1.85 bits per heavy atom. The molecule has 138 valence electrons. The van der Waals surface area contributed by atoms with Crippen LogP contribution in [0.3, 0.4) is 0 Å². The van der Waals surface area contributed by atoms with Gasteiger partial charge in [0.25, 0.3) is 5.79 Å². The molecule has 1 spiro atoms. The highest BCUT2D eigenvalue weighted by atomic mass is 16.7. The van der Waals surface area contributed by atoms with Gasteiger partial charge in [-0.2, -0.15) is 0 Å². The average molecular weight is 361 g/mol. The Morgan fingerprint density at radius 3 is 2.42 bits per heavy atom. The van der Waals surface area contributed by atoms with Crippen molar-refractivity contribution in [3.05, 3.63) is 39.4 Å². The van der Waals surface area contributed by atoms with E-state index in [1.54, 1.807) is 6.92 Å². The highest BCUT2D eigenvalue weighted by Crippen LogP contribution is 2.37. The van der Waals surface area contributed by atoms with Crippen LogP contribution in [0.15, 0.2) is 23.8 Å². The predicted octanol–water partition coefficient (Wildman–Crippen LogP) is 3.14. The minimum absolute atomic E-state index is 0.120. The SMILES string of the molecule is CCOc1ccc(C=C2C(=O)OC3(CCCCC3)OC2=O)cc1[N+](=O)[O-]. The maximum Gasteiger partial charge on any atom is 0.348 e. The van der Waals surface area contributed by atoms with Gasteiger partial charge in [-0.15, -0.1) is 0 Å². The molecule has 0 unspecified atom stereocenters. The van der Waals surface area contributed by atoms with Crippen molar-refractivity contribution >= 4 is 23.7 Å². The number of nitro groups is 1. The third kappa shape index (κ3) is 3.54. The Morgan fingerprint density at radius 1 is 1.19 bits per heavy atom. The molecule has 1 saturated heterocycles. The molecule has 1 aliphatic carbocycles. The molecule has 1 aromatic carbocycles. The zero-order valence-electron chi connectivity index (χ0n) is 14.4. The molecule has 2 aliphatic rings. The fourth-order valence-corrected chi connectivity index (χ4v) is 3.18. The minimum Gasteiger partial charge on any atom is -0.487 e. The number of esters is 2. The lowest BCUT2D eigenvalue weighted by Gasteiger charge is -2.38. The van der Waals surface area contributed by atoms with Gasteiger partial charge in [-0.1, -0.05) is 12.5 Å². The fraction of sp³-hybridized carbons (Fsp3) is 0.444. The van der Waals surface area contributed by atoms with E-state index in [2.05, 4.69) is 0 Å². The molecule has 0 amide bonds. The molecule has 0 bridgehead atoms. The van der Waals surface area contributed by atoms with Gasteiger partial charge in [-0.05, 0) is 37.5 Å². The van der Waals surface area contributed by atoms with Gasteiger partial charge in [0.05, 0.1) is 11.5 Å². The van der Waals surface area contributed by atoms with Crippen LogP contribution >= 0.6 is 0 Å². The standard InChI is InChI=1S/C18H19NO7/c1-2-24-15-7-6-12(11-14(15)19(22)23)10-13-16(20)25-18(26-17(13)21)8-4-3-5-9-18/h6-7,10-11H,2-5,8-9H2,1H3. The Hall–Kier alpha value is -2.90. The average Bonchev–Trinajstić information content (AvgIpc) is 2.60. The molecule has 1 saturated carbocycles. The lowest BCUT2D eigenvalue weighted by Crippen LogP contribution is -2.47. The molecule has 1 aromatic rings. The van der Waals surface area contributed by atoms with Gasteiger partial charge >= 0.3 is 17.6 Å². The summed E-state index contributed by atoms with van der Waals surface area (Å²) >= 11 is 0. The number of benzene rings is 1. The van der Waals surface area contributed by atoms with Crippen LogP contribution in [-0.2, 0) is 19.1 Å². The van der Waals surface area contributed by atoms with E-state index in [9.17, 15) is 19.7 Å². The summed E-state index contributed by atoms with van der Waals surface area (Å²) in [7, 11) is 0. The quantitative estimate of drug-likeness (QED) is 0.267. The Kier molecular flexibility index (Phi) is 4.92. The van der Waals surface area contributed by atoms with Crippen molar-refractivity contribution in [3.8, 4) is 5.75 Å². The van der Waals surface area contributed by atoms with Gasteiger partial charge in [0.2, 0.25) is 0 Å². The van der Waals surface area contributed by atoms with Crippen LogP contribution in [-0.4, -0.2) is 29.3 Å². The molecule has 8 heteroatoms. The van der Waals surface area contributed by atoms with Crippen molar-refractivity contribution in [1.82, 2.24) is 0 Å². The number of carbonyl (C=O) groups excluding carboxylic acids is 2. The van der Waals surface area contributed by atoms with E-state index >= 15 is 0 Å². The summed E-state index contributed by atoms with van der Waals surface area (Å²) in [5.74, 6) is -2.57. The minimum atomic E-state index is -1.16. The van der Waals surface area contributed by atoms with Crippen molar-refractivity contribution in [2.45, 2.75) is 44.8 Å². The second-order valence-corrected chi connectivity index (χ2v) is 6.23. The van der Waals surface area contributed by atoms with Crippen molar-refractivity contribution in [2.75, 3.05) is 6.61 Å². The topological polar surface area (TPSA) is 105 Å². The van der Waals surface area contributed by atoms with E-state index in [4.69, 9.17) is 14.2 Å². The second kappa shape index (κ2) is 7.15. The smallest absolute Gasteiger partial charge is 0.348 e. The molecule has 0 aromatic heterocycles. The van der Waals surface area contributed by atoms with Crippen molar-refractivity contribution in [1.29, 1.82) is 0 Å². The molecule has 0 N–H and O–H groups in total. The van der Waals surface area contributed by atoms with Gasteiger partial charge in [0.15, 0.2) is 5.75 Å². The van der Waals surface area contributed by atoms with Crippen LogP contribution in [0.1, 0.15) is 44.6 Å². The molecule has 0 atom stereocenters. The largest absolute Gasteiger partial charge is 0.487 e. The van der Waals surface area contributed by atoms with E-state index in [0.717, 1.165) is 19.3 Å². The Balaban J connectivity index is 1.88. The molecular formula is C18H19NO7. The first-order chi connectivity index (χ1) is 12.4. The summed E-state index contributed by atoms with van der Waals surface area (Å²) in [6.45, 7) is 2.00. The first-order valence-corrected chi connectivity index (χ1v) is 8.54. The molecule has 26 heavy (non-hydrogen) atoms. The van der Waals surface area contributed by atoms with Gasteiger partial charge in [0.1, 0.15) is 5.57 Å². The van der Waals surface area contributed by atoms with Gasteiger partial charge in [0, 0.05) is 18.9 Å². The number of rotatable bonds is 4. The number of nitro benzene ring substituents is 1. The van der Waals surface area contributed by atoms with Crippen LogP contribution in [0.2, 0.25) is 0 Å². The third-order valence-electron chi connectivity index (χ3n) is 4.40. The van der Waals surface area contributed by atoms with Crippen LogP contribution < -0.4 is 4.74 Å². The number of carbonyl (C=O) groups is 2. The maximum absolute atomic E-state index is 12.3. The van der Waals surface area contributed by atoms with E-state index in [1.807, 2.05) is 0 Å². The van der Waals surface area contributed by atoms with Crippen molar-refractivity contribution in [2.24, 2.45) is 0 Å². The fourth-order valence-electron chi connectivity index (χ4n) is 3.18. The maximum atomic E-state index is 12.3. The zero-order chi connectivity index (χ0) is 18.7. The van der Waals surface area contributed by atoms with E-state index in [-0.39, 0.29) is 23.6 Å². The van der Waals surface area contributed by atoms with Gasteiger partial charge in [-0.3, -0.25) is 10.1 Å². The second-order valence-electron chi connectivity index (χ2n) is 6.23. The molecule has 1 aliphatic heterocycles. The van der Waals surface area contributed by atoms with Crippen molar-refractivity contribution in [3.63, 3.8) is 0 Å². The molecule has 0 radical (unpaired) electrons. The van der Waals surface area contributed by atoms with Gasteiger partial charge < -0.3 is 14.2 Å². The van der Waals surface area contributed by atoms with Crippen LogP contribution in [0.25, 0.3) is 6.08 Å². The van der Waals surface area contributed by atoms with Gasteiger partial charge in [-0.25, -0.2) is 9.59 Å². The van der Waals surface area contributed by atoms with E-state index < -0.39 is 22.6 Å². The highest BCUT2D eigenvalue weighted by molar-refractivity contribution is 6.18. The number of hydrogen-bond donors (Lipinski definition) is 0. The summed E-state index contributed by atoms with van der Waals surface area (Å²) in [6.07, 6.45) is 4.88. The highest BCUT2D eigenvalue weighted by Gasteiger charge is 2.46. The monoisotopic (exact) mass is 361 g/mol. The predicted molar refractivity (Wildman–Crippen MR) is 90.2 cm³/mol. The summed E-state index contributed by atoms with van der Waals surface area (Å²) in [5.41, 5.74) is -0.217. The van der Waals surface area contributed by atoms with Crippen LogP contribution in [0.4, 0.5) is 5.69 Å². The molecular weight excluding hydrogens is 342 g/mol. The summed E-state index contributed by atoms with van der Waals surface area (Å²) in [6, 6.07) is 4.19. The Bertz CT molecular complexity index is 756. The number of hydrogen-bond acceptors (Lipinski definition) is 7. The molecule has 2 fully saturated rings. The Labute approximate surface area is 149 Å². The lowest BCUT2D eigenvalue weighted by atomic mass is 9.93. The van der Waals surface area contributed by atoms with Crippen LogP contribution in [0.5, 0.6) is 5.75 Å². The van der Waals surface area contributed by atoms with Crippen LogP contribution in [0, 0.1) is 10.1 Å². The summed E-state index contributed by atoms with van der Waals surface area (Å²) < 4.78 is 16.0. The zero-order valence-corrected chi connectivity index (χ0v) is 14.4. The van der Waals surface area contributed by atoms with Crippen molar-refractivity contribution < 1.29 is 28.7 Å². The molecule has 8 nitrogen and oxygen atoms in total. The number of ether oxygens (including phenoxy) is 3. The normalized spacial score (nSPS) is 18.9. The summed E-state index contributed by atoms with van der Waals surface area (Å²) in [4.78, 5) is 35.3. The first kappa shape index (κ1) is 17.9. The van der Waals surface area contributed by atoms with E-state index in [0.29, 0.717) is 18.4 Å².